The van der Waals surface area contributed by atoms with E-state index in [-0.39, 0.29) is 5.91 Å². The summed E-state index contributed by atoms with van der Waals surface area (Å²) in [7, 11) is 0. The monoisotopic (exact) mass is 247 g/mol. The van der Waals surface area contributed by atoms with E-state index in [0.29, 0.717) is 12.3 Å². The molecule has 1 aliphatic heterocycles. The Bertz CT molecular complexity index is 419. The largest absolute Gasteiger partial charge is 0.370 e. The molecule has 1 amide bonds. The minimum atomic E-state index is -0.194. The van der Waals surface area contributed by atoms with Crippen LogP contribution in [0.4, 0.5) is 5.82 Å². The van der Waals surface area contributed by atoms with Gasteiger partial charge in [-0.05, 0) is 44.2 Å². The predicted molar refractivity (Wildman–Crippen MR) is 72.3 cm³/mol. The maximum atomic E-state index is 10.8. The van der Waals surface area contributed by atoms with Crippen LogP contribution < -0.4 is 10.6 Å². The lowest BCUT2D eigenvalue weighted by Crippen LogP contribution is -2.36. The number of aromatic nitrogens is 1. The highest BCUT2D eigenvalue weighted by Gasteiger charge is 2.21. The van der Waals surface area contributed by atoms with E-state index in [2.05, 4.69) is 16.0 Å². The molecule has 4 nitrogen and oxygen atoms in total. The molecule has 1 aromatic heterocycles. The fourth-order valence-electron chi connectivity index (χ4n) is 2.56. The molecule has 2 rings (SSSR count). The lowest BCUT2D eigenvalue weighted by Gasteiger charge is -2.33. The van der Waals surface area contributed by atoms with Crippen LogP contribution in [0.5, 0.6) is 0 Å². The first-order valence-corrected chi connectivity index (χ1v) is 6.62. The Balaban J connectivity index is 1.96. The van der Waals surface area contributed by atoms with Crippen molar-refractivity contribution >= 4 is 11.7 Å². The number of pyridine rings is 1. The van der Waals surface area contributed by atoms with E-state index >= 15 is 0 Å². The number of nitrogens with zero attached hydrogens (tertiary/aromatic N) is 2. The van der Waals surface area contributed by atoms with Gasteiger partial charge in [-0.25, -0.2) is 4.98 Å². The molecule has 18 heavy (non-hydrogen) atoms. The Morgan fingerprint density at radius 2 is 2.39 bits per heavy atom. The second kappa shape index (κ2) is 5.85. The average molecular weight is 247 g/mol. The Kier molecular flexibility index (Phi) is 4.18. The highest BCUT2D eigenvalue weighted by atomic mass is 16.1. The molecule has 0 radical (unpaired) electrons. The van der Waals surface area contributed by atoms with Crippen molar-refractivity contribution < 1.29 is 4.79 Å². The number of carbonyl (C=O) groups excluding carboxylic acids is 1. The molecule has 4 heteroatoms. The molecule has 1 aliphatic rings. The van der Waals surface area contributed by atoms with Crippen molar-refractivity contribution in [3.8, 4) is 0 Å². The van der Waals surface area contributed by atoms with Crippen molar-refractivity contribution in [3.63, 3.8) is 0 Å². The van der Waals surface area contributed by atoms with Gasteiger partial charge >= 0.3 is 0 Å². The Hall–Kier alpha value is -1.58. The Morgan fingerprint density at radius 1 is 1.56 bits per heavy atom. The first kappa shape index (κ1) is 12.9. The number of anilines is 1. The summed E-state index contributed by atoms with van der Waals surface area (Å²) in [5, 5.41) is 0. The molecule has 0 unspecified atom stereocenters. The van der Waals surface area contributed by atoms with Crippen LogP contribution in [0.1, 0.15) is 31.4 Å². The summed E-state index contributed by atoms with van der Waals surface area (Å²) < 4.78 is 0. The quantitative estimate of drug-likeness (QED) is 0.883. The van der Waals surface area contributed by atoms with Crippen LogP contribution in [0.25, 0.3) is 0 Å². The van der Waals surface area contributed by atoms with Crippen LogP contribution in [0.2, 0.25) is 0 Å². The van der Waals surface area contributed by atoms with E-state index < -0.39 is 0 Å². The van der Waals surface area contributed by atoms with E-state index in [1.54, 1.807) is 0 Å². The van der Waals surface area contributed by atoms with Crippen molar-refractivity contribution in [1.29, 1.82) is 0 Å². The summed E-state index contributed by atoms with van der Waals surface area (Å²) in [6.07, 6.45) is 3.76. The van der Waals surface area contributed by atoms with E-state index in [4.69, 9.17) is 5.73 Å². The number of piperidine rings is 1. The van der Waals surface area contributed by atoms with Gasteiger partial charge in [0.05, 0.1) is 0 Å². The highest BCUT2D eigenvalue weighted by Crippen LogP contribution is 2.24. The summed E-state index contributed by atoms with van der Waals surface area (Å²) in [4.78, 5) is 17.7. The molecule has 2 N–H and O–H groups in total. The molecule has 2 heterocycles. The number of hydrogen-bond donors (Lipinski definition) is 1. The zero-order chi connectivity index (χ0) is 13.0. The number of aryl methyl sites for hydroxylation is 1. The van der Waals surface area contributed by atoms with Gasteiger partial charge in [0.25, 0.3) is 0 Å². The average Bonchev–Trinajstić information content (AvgIpc) is 2.37. The van der Waals surface area contributed by atoms with Gasteiger partial charge in [0.2, 0.25) is 5.91 Å². The smallest absolute Gasteiger partial charge is 0.217 e. The topological polar surface area (TPSA) is 59.2 Å². The Labute approximate surface area is 108 Å². The van der Waals surface area contributed by atoms with Crippen molar-refractivity contribution in [2.45, 2.75) is 32.6 Å². The van der Waals surface area contributed by atoms with Crippen molar-refractivity contribution in [2.75, 3.05) is 18.0 Å². The number of hydrogen-bond acceptors (Lipinski definition) is 3. The molecule has 0 saturated carbocycles. The first-order chi connectivity index (χ1) is 8.65. The number of primary amides is 1. The molecule has 1 fully saturated rings. The number of carbonyl (C=O) groups is 1. The highest BCUT2D eigenvalue weighted by molar-refractivity contribution is 5.73. The minimum absolute atomic E-state index is 0.194. The van der Waals surface area contributed by atoms with Gasteiger partial charge in [0.1, 0.15) is 5.82 Å². The number of rotatable bonds is 4. The first-order valence-electron chi connectivity index (χ1n) is 6.62. The molecule has 1 atom stereocenters. The third-order valence-electron chi connectivity index (χ3n) is 3.52. The van der Waals surface area contributed by atoms with Crippen molar-refractivity contribution in [3.05, 3.63) is 23.9 Å². The summed E-state index contributed by atoms with van der Waals surface area (Å²) in [5.41, 5.74) is 6.26. The van der Waals surface area contributed by atoms with Gasteiger partial charge in [0.15, 0.2) is 0 Å². The van der Waals surface area contributed by atoms with Crippen LogP contribution in [-0.2, 0) is 4.79 Å². The molecule has 0 aliphatic carbocycles. The minimum Gasteiger partial charge on any atom is -0.370 e. The van der Waals surface area contributed by atoms with E-state index in [1.807, 2.05) is 19.1 Å². The fraction of sp³-hybridized carbons (Fsp3) is 0.571. The van der Waals surface area contributed by atoms with Crippen LogP contribution in [0.15, 0.2) is 18.2 Å². The summed E-state index contributed by atoms with van der Waals surface area (Å²) in [6.45, 7) is 4.06. The van der Waals surface area contributed by atoms with Crippen LogP contribution in [-0.4, -0.2) is 24.0 Å². The third-order valence-corrected chi connectivity index (χ3v) is 3.52. The lowest BCUT2D eigenvalue weighted by atomic mass is 9.93. The zero-order valence-corrected chi connectivity index (χ0v) is 10.9. The summed E-state index contributed by atoms with van der Waals surface area (Å²) in [6, 6.07) is 6.12. The lowest BCUT2D eigenvalue weighted by molar-refractivity contribution is -0.118. The molecular formula is C14H21N3O. The molecule has 1 aromatic rings. The van der Waals surface area contributed by atoms with Gasteiger partial charge < -0.3 is 10.6 Å². The summed E-state index contributed by atoms with van der Waals surface area (Å²) >= 11 is 0. The van der Waals surface area contributed by atoms with Gasteiger partial charge in [-0.15, -0.1) is 0 Å². The molecular weight excluding hydrogens is 226 g/mol. The van der Waals surface area contributed by atoms with E-state index in [9.17, 15) is 4.79 Å². The predicted octanol–water partition coefficient (Wildman–Crippen LogP) is 1.87. The standard InChI is InChI=1S/C14H21N3O/c1-11-4-2-6-14(16-11)17-9-3-5-12(10-17)7-8-13(15)18/h2,4,6,12H,3,5,7-10H2,1H3,(H2,15,18)/t12-/m1/s1. The van der Waals surface area contributed by atoms with E-state index in [0.717, 1.165) is 31.0 Å². The molecule has 0 spiro atoms. The van der Waals surface area contributed by atoms with Crippen LogP contribution in [0, 0.1) is 12.8 Å². The van der Waals surface area contributed by atoms with Gasteiger partial charge in [-0.2, -0.15) is 0 Å². The summed E-state index contributed by atoms with van der Waals surface area (Å²) in [5.74, 6) is 1.42. The second-order valence-corrected chi connectivity index (χ2v) is 5.10. The van der Waals surface area contributed by atoms with Gasteiger partial charge in [-0.3, -0.25) is 4.79 Å². The Morgan fingerprint density at radius 3 is 3.11 bits per heavy atom. The van der Waals surface area contributed by atoms with Gasteiger partial charge in [0, 0.05) is 25.2 Å². The number of amides is 1. The van der Waals surface area contributed by atoms with E-state index in [1.165, 1.54) is 12.8 Å². The van der Waals surface area contributed by atoms with Crippen LogP contribution >= 0.6 is 0 Å². The second-order valence-electron chi connectivity index (χ2n) is 5.10. The van der Waals surface area contributed by atoms with Gasteiger partial charge in [-0.1, -0.05) is 6.07 Å². The molecule has 98 valence electrons. The number of nitrogens with two attached hydrogens (primary N) is 1. The molecule has 0 aromatic carbocycles. The molecule has 1 saturated heterocycles. The zero-order valence-electron chi connectivity index (χ0n) is 10.9. The van der Waals surface area contributed by atoms with Crippen molar-refractivity contribution in [2.24, 2.45) is 11.7 Å². The van der Waals surface area contributed by atoms with Crippen LogP contribution in [0.3, 0.4) is 0 Å². The third kappa shape index (κ3) is 3.45. The van der Waals surface area contributed by atoms with Crippen molar-refractivity contribution in [1.82, 2.24) is 4.98 Å². The normalized spacial score (nSPS) is 19.8. The SMILES string of the molecule is Cc1cccc(N2CCC[C@H](CCC(N)=O)C2)n1. The maximum absolute atomic E-state index is 10.8. The fourth-order valence-corrected chi connectivity index (χ4v) is 2.56. The molecule has 0 bridgehead atoms. The maximum Gasteiger partial charge on any atom is 0.217 e.